The van der Waals surface area contributed by atoms with E-state index in [2.05, 4.69) is 5.32 Å². The summed E-state index contributed by atoms with van der Waals surface area (Å²) in [4.78, 5) is 38.1. The average molecular weight is 372 g/mol. The van der Waals surface area contributed by atoms with Crippen LogP contribution in [-0.4, -0.2) is 48.4 Å². The second-order valence-corrected chi connectivity index (χ2v) is 7.52. The fraction of sp³-hybridized carbons (Fsp3) is 0.571. The molecule has 6 heteroatoms. The normalized spacial score (nSPS) is 20.1. The Kier molecular flexibility index (Phi) is 6.48. The zero-order chi connectivity index (χ0) is 19.2. The van der Waals surface area contributed by atoms with Gasteiger partial charge in [-0.3, -0.25) is 14.4 Å². The predicted octanol–water partition coefficient (Wildman–Crippen LogP) is 1.99. The summed E-state index contributed by atoms with van der Waals surface area (Å²) in [6.07, 6.45) is 5.27. The summed E-state index contributed by atoms with van der Waals surface area (Å²) in [5, 5.41) is 2.77. The number of benzene rings is 1. The summed E-state index contributed by atoms with van der Waals surface area (Å²) >= 11 is 0. The number of nitrogens with one attached hydrogen (secondary N) is 1. The van der Waals surface area contributed by atoms with Gasteiger partial charge in [0.1, 0.15) is 0 Å². The molecule has 2 fully saturated rings. The van der Waals surface area contributed by atoms with E-state index in [9.17, 15) is 14.4 Å². The molecule has 1 aromatic carbocycles. The Bertz CT molecular complexity index is 697. The minimum Gasteiger partial charge on any atom is -0.455 e. The van der Waals surface area contributed by atoms with Crippen molar-refractivity contribution in [1.29, 1.82) is 0 Å². The van der Waals surface area contributed by atoms with Crippen LogP contribution in [0.5, 0.6) is 0 Å². The van der Waals surface area contributed by atoms with Gasteiger partial charge in [-0.15, -0.1) is 0 Å². The van der Waals surface area contributed by atoms with Crippen molar-refractivity contribution in [2.75, 3.05) is 19.7 Å². The van der Waals surface area contributed by atoms with Crippen molar-refractivity contribution in [3.05, 3.63) is 35.4 Å². The van der Waals surface area contributed by atoms with Crippen LogP contribution in [-0.2, 0) is 25.5 Å². The van der Waals surface area contributed by atoms with Crippen molar-refractivity contribution >= 4 is 17.8 Å². The van der Waals surface area contributed by atoms with Gasteiger partial charge in [0.2, 0.25) is 5.91 Å². The minimum absolute atomic E-state index is 0.0338. The average Bonchev–Trinajstić information content (AvgIpc) is 3.30. The second kappa shape index (κ2) is 9.02. The molecule has 3 rings (SSSR count). The summed E-state index contributed by atoms with van der Waals surface area (Å²) < 4.78 is 5.14. The number of amides is 2. The van der Waals surface area contributed by atoms with Crippen LogP contribution in [0.1, 0.15) is 43.2 Å². The maximum atomic E-state index is 12.2. The third-order valence-corrected chi connectivity index (χ3v) is 5.58. The first-order valence-electron chi connectivity index (χ1n) is 9.82. The Labute approximate surface area is 160 Å². The number of ether oxygens (including phenoxy) is 1. The number of aryl methyl sites for hydroxylation is 1. The van der Waals surface area contributed by atoms with E-state index in [4.69, 9.17) is 4.74 Å². The fourth-order valence-corrected chi connectivity index (χ4v) is 3.99. The van der Waals surface area contributed by atoms with E-state index in [0.29, 0.717) is 13.1 Å². The molecule has 6 nitrogen and oxygen atoms in total. The monoisotopic (exact) mass is 372 g/mol. The summed E-state index contributed by atoms with van der Waals surface area (Å²) in [5.41, 5.74) is 2.38. The van der Waals surface area contributed by atoms with E-state index in [0.717, 1.165) is 32.1 Å². The molecular formula is C21H28N2O4. The highest BCUT2D eigenvalue weighted by Gasteiger charge is 2.39. The van der Waals surface area contributed by atoms with Gasteiger partial charge < -0.3 is 15.0 Å². The molecule has 0 bridgehead atoms. The van der Waals surface area contributed by atoms with Crippen molar-refractivity contribution in [3.63, 3.8) is 0 Å². The Balaban J connectivity index is 1.37. The van der Waals surface area contributed by atoms with Gasteiger partial charge in [0.25, 0.3) is 5.91 Å². The zero-order valence-electron chi connectivity index (χ0n) is 15.9. The highest BCUT2D eigenvalue weighted by atomic mass is 16.5. The number of carbonyl (C=O) groups excluding carboxylic acids is 3. The molecular weight excluding hydrogens is 344 g/mol. The Morgan fingerprint density at radius 3 is 2.70 bits per heavy atom. The number of nitrogens with zero attached hydrogens (tertiary/aromatic N) is 1. The van der Waals surface area contributed by atoms with E-state index < -0.39 is 11.9 Å². The Morgan fingerprint density at radius 2 is 1.96 bits per heavy atom. The smallest absolute Gasteiger partial charge is 0.311 e. The molecule has 27 heavy (non-hydrogen) atoms. The Morgan fingerprint density at radius 1 is 1.22 bits per heavy atom. The molecule has 1 aromatic rings. The highest BCUT2D eigenvalue weighted by molar-refractivity contribution is 5.88. The van der Waals surface area contributed by atoms with Crippen molar-refractivity contribution in [2.24, 2.45) is 5.92 Å². The van der Waals surface area contributed by atoms with Crippen LogP contribution in [0.15, 0.2) is 24.3 Å². The number of carbonyl (C=O) groups is 3. The summed E-state index contributed by atoms with van der Waals surface area (Å²) in [6, 6.07) is 8.31. The zero-order valence-corrected chi connectivity index (χ0v) is 15.9. The SMILES string of the molecule is Cc1ccccc1CCNC(=O)COC(=O)[C@H]1CC(=O)N(C2CCCC2)C1. The van der Waals surface area contributed by atoms with Gasteiger partial charge in [0.05, 0.1) is 5.92 Å². The van der Waals surface area contributed by atoms with E-state index in [1.165, 1.54) is 11.1 Å². The van der Waals surface area contributed by atoms with Gasteiger partial charge in [-0.25, -0.2) is 0 Å². The molecule has 1 saturated heterocycles. The van der Waals surface area contributed by atoms with Crippen molar-refractivity contribution < 1.29 is 19.1 Å². The maximum absolute atomic E-state index is 12.2. The summed E-state index contributed by atoms with van der Waals surface area (Å²) in [6.45, 7) is 2.67. The summed E-state index contributed by atoms with van der Waals surface area (Å²) in [5.74, 6) is -1.17. The Hall–Kier alpha value is -2.37. The molecule has 146 valence electrons. The molecule has 1 aliphatic carbocycles. The molecule has 1 saturated carbocycles. The maximum Gasteiger partial charge on any atom is 0.311 e. The van der Waals surface area contributed by atoms with Crippen LogP contribution in [0.2, 0.25) is 0 Å². The molecule has 0 spiro atoms. The first-order chi connectivity index (χ1) is 13.0. The number of hydrogen-bond acceptors (Lipinski definition) is 4. The lowest BCUT2D eigenvalue weighted by Gasteiger charge is -2.23. The lowest BCUT2D eigenvalue weighted by Crippen LogP contribution is -2.35. The van der Waals surface area contributed by atoms with Gasteiger partial charge in [0.15, 0.2) is 6.61 Å². The topological polar surface area (TPSA) is 75.7 Å². The van der Waals surface area contributed by atoms with Gasteiger partial charge >= 0.3 is 5.97 Å². The first-order valence-corrected chi connectivity index (χ1v) is 9.82. The van der Waals surface area contributed by atoms with Crippen molar-refractivity contribution in [3.8, 4) is 0 Å². The molecule has 0 aromatic heterocycles. The van der Waals surface area contributed by atoms with Gasteiger partial charge in [-0.1, -0.05) is 37.1 Å². The highest BCUT2D eigenvalue weighted by Crippen LogP contribution is 2.29. The lowest BCUT2D eigenvalue weighted by molar-refractivity contribution is -0.152. The second-order valence-electron chi connectivity index (χ2n) is 7.52. The lowest BCUT2D eigenvalue weighted by atomic mass is 10.1. The molecule has 1 atom stereocenters. The van der Waals surface area contributed by atoms with Crippen LogP contribution in [0.25, 0.3) is 0 Å². The van der Waals surface area contributed by atoms with E-state index in [1.807, 2.05) is 36.1 Å². The van der Waals surface area contributed by atoms with Crippen LogP contribution < -0.4 is 5.32 Å². The van der Waals surface area contributed by atoms with Gasteiger partial charge in [0, 0.05) is 25.6 Å². The molecule has 2 amide bonds. The molecule has 1 N–H and O–H groups in total. The summed E-state index contributed by atoms with van der Waals surface area (Å²) in [7, 11) is 0. The van der Waals surface area contributed by atoms with E-state index >= 15 is 0 Å². The predicted molar refractivity (Wildman–Crippen MR) is 101 cm³/mol. The minimum atomic E-state index is -0.446. The molecule has 2 aliphatic rings. The number of likely N-dealkylation sites (tertiary alicyclic amines) is 1. The molecule has 0 unspecified atom stereocenters. The first kappa shape index (κ1) is 19.4. The third kappa shape index (κ3) is 5.08. The van der Waals surface area contributed by atoms with Crippen LogP contribution in [0, 0.1) is 12.8 Å². The fourth-order valence-electron chi connectivity index (χ4n) is 3.99. The number of hydrogen-bond donors (Lipinski definition) is 1. The molecule has 1 heterocycles. The van der Waals surface area contributed by atoms with Crippen molar-refractivity contribution in [2.45, 2.75) is 51.5 Å². The largest absolute Gasteiger partial charge is 0.455 e. The quantitative estimate of drug-likeness (QED) is 0.743. The van der Waals surface area contributed by atoms with Gasteiger partial charge in [-0.2, -0.15) is 0 Å². The van der Waals surface area contributed by atoms with E-state index in [1.54, 1.807) is 0 Å². The molecule has 0 radical (unpaired) electrons. The standard InChI is InChI=1S/C21H28N2O4/c1-15-6-2-3-7-16(15)10-11-22-19(24)14-27-21(26)17-12-20(25)23(13-17)18-8-4-5-9-18/h2-3,6-7,17-18H,4-5,8-14H2,1H3,(H,22,24)/t17-/m0/s1. The van der Waals surface area contributed by atoms with Crippen LogP contribution >= 0.6 is 0 Å². The van der Waals surface area contributed by atoms with Crippen molar-refractivity contribution in [1.82, 2.24) is 10.2 Å². The molecule has 1 aliphatic heterocycles. The van der Waals surface area contributed by atoms with Crippen LogP contribution in [0.4, 0.5) is 0 Å². The third-order valence-electron chi connectivity index (χ3n) is 5.58. The van der Waals surface area contributed by atoms with Gasteiger partial charge in [-0.05, 0) is 37.3 Å². The number of rotatable bonds is 7. The van der Waals surface area contributed by atoms with Crippen LogP contribution in [0.3, 0.4) is 0 Å². The number of esters is 1. The van der Waals surface area contributed by atoms with E-state index in [-0.39, 0.29) is 30.9 Å².